The Labute approximate surface area is 420 Å². The number of rotatable bonds is 54. The Kier molecular flexibility index (Phi) is 49.5. The van der Waals surface area contributed by atoms with Crippen LogP contribution in [0.2, 0.25) is 0 Å². The highest BCUT2D eigenvalue weighted by atomic mass is 16.7. The van der Waals surface area contributed by atoms with Crippen molar-refractivity contribution >= 4 is 17.9 Å². The molecule has 2 unspecified atom stereocenters. The number of quaternary nitrogens is 1. The Morgan fingerprint density at radius 3 is 1.19 bits per heavy atom. The summed E-state index contributed by atoms with van der Waals surface area (Å²) in [6.07, 6.45) is 56.8. The van der Waals surface area contributed by atoms with Crippen LogP contribution >= 0.6 is 0 Å². The van der Waals surface area contributed by atoms with Gasteiger partial charge in [-0.2, -0.15) is 0 Å². The maximum atomic E-state index is 12.9. The summed E-state index contributed by atoms with van der Waals surface area (Å²) in [5.74, 6) is -1.99. The lowest BCUT2D eigenvalue weighted by molar-refractivity contribution is -0.870. The van der Waals surface area contributed by atoms with E-state index in [1.165, 1.54) is 199 Å². The molecule has 0 radical (unpaired) electrons. The molecule has 0 aromatic rings. The normalized spacial score (nSPS) is 12.9. The third-order valence-electron chi connectivity index (χ3n) is 13.0. The quantitative estimate of drug-likeness (QED) is 0.0211. The minimum Gasteiger partial charge on any atom is -0.477 e. The molecule has 0 bridgehead atoms. The summed E-state index contributed by atoms with van der Waals surface area (Å²) in [6, 6.07) is 0. The Hall–Kier alpha value is -2.23. The minimum absolute atomic E-state index is 0.179. The molecule has 0 saturated carbocycles. The average molecular weight is 964 g/mol. The van der Waals surface area contributed by atoms with E-state index in [0.29, 0.717) is 17.4 Å². The summed E-state index contributed by atoms with van der Waals surface area (Å²) in [4.78, 5) is 37.4. The Bertz CT molecular complexity index is 1170. The molecule has 9 nitrogen and oxygen atoms in total. The van der Waals surface area contributed by atoms with Crippen LogP contribution in [0.3, 0.4) is 0 Å². The number of likely N-dealkylation sites (N-methyl/N-ethyl adjacent to an activating group) is 1. The number of carboxylic acid groups (broad SMARTS) is 1. The van der Waals surface area contributed by atoms with Crippen LogP contribution in [0.25, 0.3) is 0 Å². The van der Waals surface area contributed by atoms with E-state index in [1.807, 2.05) is 21.1 Å². The monoisotopic (exact) mass is 963 g/mol. The molecule has 0 rings (SSSR count). The van der Waals surface area contributed by atoms with Gasteiger partial charge in [0, 0.05) is 12.8 Å². The van der Waals surface area contributed by atoms with E-state index >= 15 is 0 Å². The predicted octanol–water partition coefficient (Wildman–Crippen LogP) is 16.7. The van der Waals surface area contributed by atoms with Crippen LogP contribution in [-0.4, -0.2) is 87.4 Å². The third-order valence-corrected chi connectivity index (χ3v) is 13.0. The maximum Gasteiger partial charge on any atom is 0.361 e. The van der Waals surface area contributed by atoms with E-state index in [-0.39, 0.29) is 32.2 Å². The number of nitrogens with zero attached hydrogens (tertiary/aromatic N) is 1. The average Bonchev–Trinajstić information content (AvgIpc) is 3.30. The fraction of sp³-hybridized carbons (Fsp3) is 0.881. The predicted molar refractivity (Wildman–Crippen MR) is 286 cm³/mol. The molecule has 9 heteroatoms. The van der Waals surface area contributed by atoms with Crippen molar-refractivity contribution in [2.45, 2.75) is 289 Å². The van der Waals surface area contributed by atoms with Gasteiger partial charge in [0.2, 0.25) is 0 Å². The van der Waals surface area contributed by atoms with Gasteiger partial charge in [-0.15, -0.1) is 0 Å². The number of unbranched alkanes of at least 4 members (excludes halogenated alkanes) is 35. The van der Waals surface area contributed by atoms with Crippen molar-refractivity contribution in [3.8, 4) is 0 Å². The highest BCUT2D eigenvalue weighted by Gasteiger charge is 2.25. The first-order valence-corrected chi connectivity index (χ1v) is 29.0. The van der Waals surface area contributed by atoms with Crippen LogP contribution in [-0.2, 0) is 33.3 Å². The topological polar surface area (TPSA) is 108 Å². The molecule has 0 aliphatic carbocycles. The third kappa shape index (κ3) is 51.6. The molecule has 0 fully saturated rings. The van der Waals surface area contributed by atoms with Gasteiger partial charge < -0.3 is 28.5 Å². The summed E-state index contributed by atoms with van der Waals surface area (Å²) >= 11 is 0. The smallest absolute Gasteiger partial charge is 0.361 e. The first-order chi connectivity index (χ1) is 33.1. The van der Waals surface area contributed by atoms with Gasteiger partial charge in [-0.3, -0.25) is 9.59 Å². The number of aliphatic carboxylic acids is 1. The van der Waals surface area contributed by atoms with Crippen molar-refractivity contribution < 1.29 is 42.9 Å². The van der Waals surface area contributed by atoms with Crippen LogP contribution in [0.4, 0.5) is 0 Å². The van der Waals surface area contributed by atoms with Crippen LogP contribution < -0.4 is 0 Å². The fourth-order valence-corrected chi connectivity index (χ4v) is 8.46. The van der Waals surface area contributed by atoms with Gasteiger partial charge in [-0.1, -0.05) is 244 Å². The zero-order chi connectivity index (χ0) is 49.9. The van der Waals surface area contributed by atoms with E-state index in [9.17, 15) is 19.5 Å². The highest BCUT2D eigenvalue weighted by Crippen LogP contribution is 2.17. The van der Waals surface area contributed by atoms with Gasteiger partial charge in [0.05, 0.1) is 34.4 Å². The summed E-state index contributed by atoms with van der Waals surface area (Å²) in [6.45, 7) is 4.90. The van der Waals surface area contributed by atoms with Crippen molar-refractivity contribution in [3.63, 3.8) is 0 Å². The maximum absolute atomic E-state index is 12.9. The Morgan fingerprint density at radius 1 is 0.441 bits per heavy atom. The summed E-state index contributed by atoms with van der Waals surface area (Å²) in [7, 11) is 5.97. The van der Waals surface area contributed by atoms with Crippen molar-refractivity contribution in [1.29, 1.82) is 0 Å². The van der Waals surface area contributed by atoms with Crippen LogP contribution in [0.1, 0.15) is 277 Å². The van der Waals surface area contributed by atoms with E-state index in [4.69, 9.17) is 18.9 Å². The second kappa shape index (κ2) is 51.1. The second-order valence-corrected chi connectivity index (χ2v) is 21.0. The standard InChI is InChI=1S/C59H111NO8/c1-6-8-10-12-14-16-18-20-22-24-26-27-28-29-30-32-33-35-37-39-41-43-45-47-49-56(61)66-53-55(54-67-59(58(63)64)65-52-51-60(3,4)5)68-57(62)50-48-46-44-42-40-38-36-34-31-25-23-21-19-17-15-13-11-9-7-2/h15,17,21,23,55,59H,6-14,16,18-20,22,24-54H2,1-5H3/p+1/b17-15-,23-21-. The molecule has 68 heavy (non-hydrogen) atoms. The molecule has 0 aliphatic heterocycles. The molecule has 2 atom stereocenters. The first kappa shape index (κ1) is 65.8. The largest absolute Gasteiger partial charge is 0.477 e. The molecule has 1 N–H and O–H groups in total. The molecule has 0 saturated heterocycles. The Morgan fingerprint density at radius 2 is 0.794 bits per heavy atom. The summed E-state index contributed by atoms with van der Waals surface area (Å²) in [5, 5.41) is 9.70. The lowest BCUT2D eigenvalue weighted by atomic mass is 10.0. The minimum atomic E-state index is -1.51. The zero-order valence-corrected chi connectivity index (χ0v) is 45.5. The second-order valence-electron chi connectivity index (χ2n) is 21.0. The van der Waals surface area contributed by atoms with Crippen molar-refractivity contribution in [2.75, 3.05) is 47.5 Å². The SMILES string of the molecule is CCCCC/C=C\C/C=C\CCCCCCCCCCCC(=O)OC(COC(=O)CCCCCCCCCCCCCCCCCCCCCCCCCC)COC(OCC[N+](C)(C)C)C(=O)O. The molecule has 0 aromatic carbocycles. The van der Waals surface area contributed by atoms with E-state index in [1.54, 1.807) is 0 Å². The van der Waals surface area contributed by atoms with Gasteiger partial charge in [0.1, 0.15) is 13.2 Å². The van der Waals surface area contributed by atoms with Crippen molar-refractivity contribution in [2.24, 2.45) is 0 Å². The zero-order valence-electron chi connectivity index (χ0n) is 45.5. The number of allylic oxidation sites excluding steroid dienone is 4. The van der Waals surface area contributed by atoms with Gasteiger partial charge in [0.15, 0.2) is 6.10 Å². The number of carbonyl (C=O) groups excluding carboxylic acids is 2. The summed E-state index contributed by atoms with van der Waals surface area (Å²) in [5.41, 5.74) is 0. The highest BCUT2D eigenvalue weighted by molar-refractivity contribution is 5.71. The van der Waals surface area contributed by atoms with Crippen molar-refractivity contribution in [1.82, 2.24) is 0 Å². The van der Waals surface area contributed by atoms with E-state index in [2.05, 4.69) is 38.2 Å². The molecular formula is C59H112NO8+. The first-order valence-electron chi connectivity index (χ1n) is 29.0. The molecule has 400 valence electrons. The number of carboxylic acids is 1. The number of hydrogen-bond donors (Lipinski definition) is 1. The number of esters is 2. The van der Waals surface area contributed by atoms with Gasteiger partial charge in [0.25, 0.3) is 6.29 Å². The van der Waals surface area contributed by atoms with Crippen LogP contribution in [0.5, 0.6) is 0 Å². The van der Waals surface area contributed by atoms with Gasteiger partial charge in [-0.05, 0) is 44.9 Å². The molecular weight excluding hydrogens is 851 g/mol. The van der Waals surface area contributed by atoms with E-state index < -0.39 is 24.3 Å². The van der Waals surface area contributed by atoms with Gasteiger partial charge in [-0.25, -0.2) is 4.79 Å². The van der Waals surface area contributed by atoms with E-state index in [0.717, 1.165) is 51.4 Å². The fourth-order valence-electron chi connectivity index (χ4n) is 8.46. The lowest BCUT2D eigenvalue weighted by Crippen LogP contribution is -2.40. The van der Waals surface area contributed by atoms with Crippen LogP contribution in [0, 0.1) is 0 Å². The van der Waals surface area contributed by atoms with Crippen molar-refractivity contribution in [3.05, 3.63) is 24.3 Å². The molecule has 0 heterocycles. The Balaban J connectivity index is 4.20. The molecule has 0 aromatic heterocycles. The van der Waals surface area contributed by atoms with Gasteiger partial charge >= 0.3 is 17.9 Å². The lowest BCUT2D eigenvalue weighted by Gasteiger charge is -2.25. The number of ether oxygens (including phenoxy) is 4. The summed E-state index contributed by atoms with van der Waals surface area (Å²) < 4.78 is 22.9. The van der Waals surface area contributed by atoms with Crippen LogP contribution in [0.15, 0.2) is 24.3 Å². The molecule has 0 spiro atoms. The number of carbonyl (C=O) groups is 3. The molecule has 0 aliphatic rings. The number of hydrogen-bond acceptors (Lipinski definition) is 7. The molecule has 0 amide bonds.